The summed E-state index contributed by atoms with van der Waals surface area (Å²) in [5.41, 5.74) is 1.94. The van der Waals surface area contributed by atoms with Crippen molar-refractivity contribution in [2.45, 2.75) is 6.42 Å². The summed E-state index contributed by atoms with van der Waals surface area (Å²) in [5.74, 6) is 1.39. The highest BCUT2D eigenvalue weighted by Gasteiger charge is 2.05. The zero-order valence-electron chi connectivity index (χ0n) is 7.91. The summed E-state index contributed by atoms with van der Waals surface area (Å²) in [6.07, 6.45) is 0.721. The van der Waals surface area contributed by atoms with Gasteiger partial charge in [0.05, 0.1) is 0 Å². The van der Waals surface area contributed by atoms with Crippen molar-refractivity contribution in [3.8, 4) is 11.3 Å². The van der Waals surface area contributed by atoms with Crippen LogP contribution in [0.4, 0.5) is 0 Å². The Morgan fingerprint density at radius 3 is 2.93 bits per heavy atom. The molecule has 1 aromatic heterocycles. The molecule has 0 fully saturated rings. The minimum Gasteiger partial charge on any atom is -0.361 e. The Hall–Kier alpha value is -0.550. The number of hydrogen-bond acceptors (Lipinski definition) is 2. The van der Waals surface area contributed by atoms with Crippen molar-refractivity contribution in [1.82, 2.24) is 5.16 Å². The van der Waals surface area contributed by atoms with Crippen LogP contribution in [0.3, 0.4) is 0 Å². The number of aromatic nitrogens is 1. The van der Waals surface area contributed by atoms with Crippen molar-refractivity contribution in [1.29, 1.82) is 0 Å². The maximum atomic E-state index is 5.63. The summed E-state index contributed by atoms with van der Waals surface area (Å²) >= 11 is 7.90. The fourth-order valence-corrected chi connectivity index (χ4v) is 2.04. The van der Waals surface area contributed by atoms with E-state index in [1.54, 1.807) is 0 Å². The largest absolute Gasteiger partial charge is 0.361 e. The molecule has 0 atom stereocenters. The van der Waals surface area contributed by atoms with E-state index in [0.29, 0.717) is 5.88 Å². The topological polar surface area (TPSA) is 26.0 Å². The van der Waals surface area contributed by atoms with Crippen LogP contribution in [0.25, 0.3) is 11.3 Å². The number of hydrogen-bond donors (Lipinski definition) is 0. The summed E-state index contributed by atoms with van der Waals surface area (Å²) in [6.45, 7) is 0. The number of rotatable bonds is 3. The summed E-state index contributed by atoms with van der Waals surface area (Å²) in [4.78, 5) is 0. The molecule has 0 aliphatic carbocycles. The van der Waals surface area contributed by atoms with Crippen LogP contribution in [-0.4, -0.2) is 11.0 Å². The van der Waals surface area contributed by atoms with Gasteiger partial charge < -0.3 is 4.52 Å². The number of aryl methyl sites for hydroxylation is 1. The Labute approximate surface area is 107 Å². The molecule has 2 rings (SSSR count). The molecule has 1 heterocycles. The fourth-order valence-electron chi connectivity index (χ4n) is 1.31. The third-order valence-corrected chi connectivity index (χ3v) is 2.88. The Kier molecular flexibility index (Phi) is 3.64. The summed E-state index contributed by atoms with van der Waals surface area (Å²) < 4.78 is 6.35. The van der Waals surface area contributed by atoms with E-state index in [1.165, 1.54) is 3.57 Å². The summed E-state index contributed by atoms with van der Waals surface area (Å²) in [5, 5.41) is 4.01. The molecule has 0 aliphatic rings. The van der Waals surface area contributed by atoms with Crippen LogP contribution in [0.2, 0.25) is 0 Å². The second-order valence-electron chi connectivity index (χ2n) is 3.13. The van der Waals surface area contributed by atoms with Crippen molar-refractivity contribution in [3.63, 3.8) is 0 Å². The molecule has 0 N–H and O–H groups in total. The minimum absolute atomic E-state index is 0.557. The highest BCUT2D eigenvalue weighted by molar-refractivity contribution is 14.1. The molecule has 0 radical (unpaired) electrons. The zero-order chi connectivity index (χ0) is 10.7. The van der Waals surface area contributed by atoms with Crippen molar-refractivity contribution in [2.75, 3.05) is 5.88 Å². The lowest BCUT2D eigenvalue weighted by molar-refractivity contribution is 0.389. The quantitative estimate of drug-likeness (QED) is 0.632. The second-order valence-corrected chi connectivity index (χ2v) is 4.75. The molecule has 78 valence electrons. The average Bonchev–Trinajstić information content (AvgIpc) is 2.67. The highest BCUT2D eigenvalue weighted by atomic mass is 127. The van der Waals surface area contributed by atoms with Gasteiger partial charge in [-0.2, -0.15) is 0 Å². The van der Waals surface area contributed by atoms with Gasteiger partial charge in [-0.3, -0.25) is 0 Å². The van der Waals surface area contributed by atoms with E-state index in [0.717, 1.165) is 23.4 Å². The van der Waals surface area contributed by atoms with Crippen LogP contribution in [0.15, 0.2) is 34.9 Å². The molecule has 2 nitrogen and oxygen atoms in total. The first kappa shape index (κ1) is 11.0. The molecule has 0 saturated heterocycles. The van der Waals surface area contributed by atoms with E-state index in [-0.39, 0.29) is 0 Å². The Bertz CT molecular complexity index is 455. The van der Waals surface area contributed by atoms with E-state index in [2.05, 4.69) is 33.8 Å². The number of nitrogens with zero attached hydrogens (tertiary/aromatic N) is 1. The molecule has 0 bridgehead atoms. The number of benzene rings is 1. The van der Waals surface area contributed by atoms with Gasteiger partial charge in [0.1, 0.15) is 11.5 Å². The van der Waals surface area contributed by atoms with E-state index in [1.807, 2.05) is 24.3 Å². The van der Waals surface area contributed by atoms with Crippen LogP contribution in [-0.2, 0) is 6.42 Å². The molecule has 0 aliphatic heterocycles. The molecular weight excluding hydrogens is 324 g/mol. The van der Waals surface area contributed by atoms with Gasteiger partial charge in [-0.1, -0.05) is 17.3 Å². The fraction of sp³-hybridized carbons (Fsp3) is 0.182. The van der Waals surface area contributed by atoms with Gasteiger partial charge in [0.25, 0.3) is 0 Å². The first-order valence-corrected chi connectivity index (χ1v) is 6.18. The smallest absolute Gasteiger partial charge is 0.138 e. The van der Waals surface area contributed by atoms with Crippen molar-refractivity contribution in [3.05, 3.63) is 39.7 Å². The molecule has 1 aromatic carbocycles. The van der Waals surface area contributed by atoms with Gasteiger partial charge in [0, 0.05) is 27.5 Å². The first-order valence-electron chi connectivity index (χ1n) is 4.57. The van der Waals surface area contributed by atoms with Crippen molar-refractivity contribution >= 4 is 34.2 Å². The summed E-state index contributed by atoms with van der Waals surface area (Å²) in [7, 11) is 0. The molecule has 15 heavy (non-hydrogen) atoms. The molecule has 0 spiro atoms. The predicted molar refractivity (Wildman–Crippen MR) is 69.1 cm³/mol. The van der Waals surface area contributed by atoms with Gasteiger partial charge in [0.2, 0.25) is 0 Å². The van der Waals surface area contributed by atoms with Crippen LogP contribution >= 0.6 is 34.2 Å². The molecule has 0 saturated carbocycles. The number of halogens is 2. The lowest BCUT2D eigenvalue weighted by Crippen LogP contribution is -1.80. The van der Waals surface area contributed by atoms with Gasteiger partial charge in [-0.25, -0.2) is 0 Å². The monoisotopic (exact) mass is 333 g/mol. The van der Waals surface area contributed by atoms with Gasteiger partial charge in [-0.05, 0) is 34.7 Å². The maximum absolute atomic E-state index is 5.63. The Morgan fingerprint density at radius 1 is 1.33 bits per heavy atom. The van der Waals surface area contributed by atoms with Crippen LogP contribution < -0.4 is 0 Å². The first-order chi connectivity index (χ1) is 7.29. The van der Waals surface area contributed by atoms with Crippen molar-refractivity contribution < 1.29 is 4.52 Å². The number of alkyl halides is 1. The average molecular weight is 334 g/mol. The normalized spacial score (nSPS) is 10.5. The third kappa shape index (κ3) is 2.72. The molecule has 0 unspecified atom stereocenters. The van der Waals surface area contributed by atoms with Crippen LogP contribution in [0.5, 0.6) is 0 Å². The van der Waals surface area contributed by atoms with Crippen LogP contribution in [0.1, 0.15) is 5.76 Å². The Morgan fingerprint density at radius 2 is 2.20 bits per heavy atom. The van der Waals surface area contributed by atoms with Crippen LogP contribution in [0, 0.1) is 3.57 Å². The lowest BCUT2D eigenvalue weighted by Gasteiger charge is -1.94. The van der Waals surface area contributed by atoms with Gasteiger partial charge >= 0.3 is 0 Å². The second kappa shape index (κ2) is 4.99. The standard InChI is InChI=1S/C11H9ClINO/c12-5-4-10-7-11(14-15-10)8-2-1-3-9(13)6-8/h1-3,6-7H,4-5H2. The van der Waals surface area contributed by atoms with E-state index >= 15 is 0 Å². The Balaban J connectivity index is 2.29. The lowest BCUT2D eigenvalue weighted by atomic mass is 10.1. The molecule has 4 heteroatoms. The minimum atomic E-state index is 0.557. The third-order valence-electron chi connectivity index (χ3n) is 2.02. The highest BCUT2D eigenvalue weighted by Crippen LogP contribution is 2.21. The van der Waals surface area contributed by atoms with Crippen molar-refractivity contribution in [2.24, 2.45) is 0 Å². The van der Waals surface area contributed by atoms with Gasteiger partial charge in [0.15, 0.2) is 0 Å². The van der Waals surface area contributed by atoms with Gasteiger partial charge in [-0.15, -0.1) is 11.6 Å². The summed E-state index contributed by atoms with van der Waals surface area (Å²) in [6, 6.07) is 10.1. The predicted octanol–water partition coefficient (Wildman–Crippen LogP) is 3.73. The zero-order valence-corrected chi connectivity index (χ0v) is 10.8. The molecule has 2 aromatic rings. The van der Waals surface area contributed by atoms with E-state index in [9.17, 15) is 0 Å². The van der Waals surface area contributed by atoms with E-state index in [4.69, 9.17) is 16.1 Å². The SMILES string of the molecule is ClCCc1cc(-c2cccc(I)c2)no1. The maximum Gasteiger partial charge on any atom is 0.138 e. The van der Waals surface area contributed by atoms with E-state index < -0.39 is 0 Å². The molecular formula is C11H9ClINO. The molecule has 0 amide bonds.